The van der Waals surface area contributed by atoms with Crippen molar-refractivity contribution in [3.05, 3.63) is 87.2 Å². The van der Waals surface area contributed by atoms with Crippen LogP contribution in [-0.2, 0) is 9.84 Å². The molecule has 0 saturated carbocycles. The van der Waals surface area contributed by atoms with Gasteiger partial charge in [-0.1, -0.05) is 48.5 Å². The van der Waals surface area contributed by atoms with Gasteiger partial charge in [-0.25, -0.2) is 13.1 Å². The van der Waals surface area contributed by atoms with Gasteiger partial charge < -0.3 is 0 Å². The minimum absolute atomic E-state index is 0.0379. The highest BCUT2D eigenvalue weighted by molar-refractivity contribution is 7.91. The molecule has 0 aliphatic carbocycles. The van der Waals surface area contributed by atoms with Crippen molar-refractivity contribution in [1.82, 2.24) is 14.3 Å². The van der Waals surface area contributed by atoms with Gasteiger partial charge in [0.25, 0.3) is 5.56 Å². The molecule has 1 atom stereocenters. The van der Waals surface area contributed by atoms with Gasteiger partial charge in [0.1, 0.15) is 5.69 Å². The number of hydrogen-bond donors (Lipinski definition) is 0. The van der Waals surface area contributed by atoms with Crippen molar-refractivity contribution in [2.24, 2.45) is 0 Å². The van der Waals surface area contributed by atoms with Gasteiger partial charge in [0, 0.05) is 28.3 Å². The lowest BCUT2D eigenvalue weighted by atomic mass is 10.1. The molecule has 2 aromatic carbocycles. The highest BCUT2D eigenvalue weighted by Gasteiger charge is 2.30. The third-order valence-electron chi connectivity index (χ3n) is 5.51. The topological polar surface area (TPSA) is 74.0 Å². The summed E-state index contributed by atoms with van der Waals surface area (Å²) >= 11 is 6.86. The lowest BCUT2D eigenvalue weighted by Crippen LogP contribution is -2.25. The Kier molecular flexibility index (Phi) is 5.40. The van der Waals surface area contributed by atoms with E-state index < -0.39 is 15.9 Å². The molecule has 162 valence electrons. The van der Waals surface area contributed by atoms with E-state index >= 15 is 0 Å². The van der Waals surface area contributed by atoms with E-state index in [4.69, 9.17) is 17.3 Å². The third kappa shape index (κ3) is 3.99. The minimum atomic E-state index is -3.12. The predicted octanol–water partition coefficient (Wildman–Crippen LogP) is 4.52. The summed E-state index contributed by atoms with van der Waals surface area (Å²) in [6, 6.07) is 20.7. The fraction of sp³-hybridized carbons (Fsp3) is 0.174. The van der Waals surface area contributed by atoms with E-state index in [9.17, 15) is 13.2 Å². The largest absolute Gasteiger partial charge is 0.287 e. The van der Waals surface area contributed by atoms with Gasteiger partial charge in [0.05, 0.1) is 23.2 Å². The van der Waals surface area contributed by atoms with Gasteiger partial charge in [-0.05, 0) is 30.8 Å². The smallest absolute Gasteiger partial charge is 0.253 e. The third-order valence-corrected chi connectivity index (χ3v) is 8.63. The maximum absolute atomic E-state index is 13.0. The minimum Gasteiger partial charge on any atom is -0.287 e. The van der Waals surface area contributed by atoms with Gasteiger partial charge >= 0.3 is 0 Å². The summed E-state index contributed by atoms with van der Waals surface area (Å²) < 4.78 is 27.4. The maximum atomic E-state index is 13.0. The molecule has 5 rings (SSSR count). The molecule has 6 nitrogen and oxygen atoms in total. The summed E-state index contributed by atoms with van der Waals surface area (Å²) in [6.45, 7) is 0. The summed E-state index contributed by atoms with van der Waals surface area (Å²) in [7, 11) is -3.12. The van der Waals surface area contributed by atoms with E-state index in [1.807, 2.05) is 66.9 Å². The molecule has 0 radical (unpaired) electrons. The van der Waals surface area contributed by atoms with Crippen LogP contribution >= 0.6 is 23.6 Å². The zero-order valence-corrected chi connectivity index (χ0v) is 19.4. The van der Waals surface area contributed by atoms with Crippen LogP contribution in [0.3, 0.4) is 0 Å². The number of sulfone groups is 1. The van der Waals surface area contributed by atoms with E-state index in [1.54, 1.807) is 10.7 Å². The molecule has 0 N–H and O–H groups in total. The molecule has 0 spiro atoms. The first-order chi connectivity index (χ1) is 15.4. The number of benzene rings is 2. The summed E-state index contributed by atoms with van der Waals surface area (Å²) in [5, 5.41) is 4.81. The van der Waals surface area contributed by atoms with Gasteiger partial charge in [0.15, 0.2) is 13.8 Å². The first kappa shape index (κ1) is 21.0. The van der Waals surface area contributed by atoms with Crippen LogP contribution in [-0.4, -0.2) is 34.3 Å². The van der Waals surface area contributed by atoms with Crippen molar-refractivity contribution in [1.29, 1.82) is 0 Å². The van der Waals surface area contributed by atoms with Crippen LogP contribution in [0.2, 0.25) is 0 Å². The molecule has 0 amide bonds. The Labute approximate surface area is 194 Å². The fourth-order valence-electron chi connectivity index (χ4n) is 3.96. The second kappa shape index (κ2) is 8.23. The van der Waals surface area contributed by atoms with Crippen molar-refractivity contribution < 1.29 is 8.42 Å². The number of rotatable bonds is 4. The highest BCUT2D eigenvalue weighted by Crippen LogP contribution is 2.34. The average Bonchev–Trinajstić information content (AvgIpc) is 3.38. The van der Waals surface area contributed by atoms with Gasteiger partial charge in [0.2, 0.25) is 0 Å². The number of nitrogens with zero attached hydrogens (tertiary/aromatic N) is 3. The van der Waals surface area contributed by atoms with Crippen molar-refractivity contribution in [2.45, 2.75) is 12.5 Å². The molecule has 1 unspecified atom stereocenters. The van der Waals surface area contributed by atoms with E-state index in [0.29, 0.717) is 15.3 Å². The summed E-state index contributed by atoms with van der Waals surface area (Å²) in [4.78, 5) is 13.7. The number of aromatic nitrogens is 3. The molecule has 0 bridgehead atoms. The average molecular weight is 482 g/mol. The van der Waals surface area contributed by atoms with Crippen LogP contribution < -0.4 is 5.56 Å². The summed E-state index contributed by atoms with van der Waals surface area (Å²) in [6.07, 6.45) is 2.32. The zero-order chi connectivity index (χ0) is 22.3. The van der Waals surface area contributed by atoms with Gasteiger partial charge in [-0.2, -0.15) is 5.10 Å². The number of hydrogen-bond acceptors (Lipinski definition) is 6. The SMILES string of the molecule is O=c1cc(-c2cn(-c3ccccc3)nc2-c2ccccc2)sc(=S)n1C1CCS(=O)(=O)C1. The summed E-state index contributed by atoms with van der Waals surface area (Å²) in [5.74, 6) is 0.0527. The van der Waals surface area contributed by atoms with Gasteiger partial charge in [-0.3, -0.25) is 9.36 Å². The molecule has 1 saturated heterocycles. The molecule has 2 aromatic heterocycles. The van der Waals surface area contributed by atoms with Crippen molar-refractivity contribution in [3.63, 3.8) is 0 Å². The Morgan fingerprint density at radius 3 is 2.34 bits per heavy atom. The standard InChI is InChI=1S/C23H19N3O3S3/c27-21-13-20(31-23(30)26(21)18-11-12-32(28,29)15-18)19-14-25(17-9-5-2-6-10-17)24-22(19)16-7-3-1-4-8-16/h1-10,13-14,18H,11-12,15H2. The quantitative estimate of drug-likeness (QED) is 0.401. The molecule has 4 aromatic rings. The molecule has 1 aliphatic rings. The van der Waals surface area contributed by atoms with Crippen LogP contribution in [0, 0.1) is 3.95 Å². The van der Waals surface area contributed by atoms with E-state index in [1.165, 1.54) is 15.9 Å². The monoisotopic (exact) mass is 481 g/mol. The first-order valence-corrected chi connectivity index (χ1v) is 13.1. The van der Waals surface area contributed by atoms with Crippen molar-refractivity contribution in [2.75, 3.05) is 11.5 Å². The lowest BCUT2D eigenvalue weighted by molar-refractivity contribution is 0.538. The fourth-order valence-corrected chi connectivity index (χ4v) is 7.11. The molecular formula is C23H19N3O3S3. The normalized spacial score (nSPS) is 17.4. The van der Waals surface area contributed by atoms with Crippen LogP contribution in [0.4, 0.5) is 0 Å². The first-order valence-electron chi connectivity index (χ1n) is 10.1. The second-order valence-corrected chi connectivity index (χ2v) is 11.6. The Balaban J connectivity index is 1.65. The highest BCUT2D eigenvalue weighted by atomic mass is 32.2. The Morgan fingerprint density at radius 1 is 1.03 bits per heavy atom. The molecular weight excluding hydrogens is 462 g/mol. The summed E-state index contributed by atoms with van der Waals surface area (Å²) in [5.41, 5.74) is 3.11. The van der Waals surface area contributed by atoms with Gasteiger partial charge in [-0.15, -0.1) is 11.3 Å². The van der Waals surface area contributed by atoms with Crippen LogP contribution in [0.15, 0.2) is 77.7 Å². The Morgan fingerprint density at radius 2 is 1.72 bits per heavy atom. The lowest BCUT2D eigenvalue weighted by Gasteiger charge is -2.12. The van der Waals surface area contributed by atoms with Crippen LogP contribution in [0.5, 0.6) is 0 Å². The molecule has 3 heterocycles. The molecule has 9 heteroatoms. The molecule has 1 aliphatic heterocycles. The zero-order valence-electron chi connectivity index (χ0n) is 16.9. The van der Waals surface area contributed by atoms with E-state index in [-0.39, 0.29) is 17.1 Å². The predicted molar refractivity (Wildman–Crippen MR) is 130 cm³/mol. The van der Waals surface area contributed by atoms with Crippen LogP contribution in [0.25, 0.3) is 27.4 Å². The molecule has 32 heavy (non-hydrogen) atoms. The molecule has 1 fully saturated rings. The van der Waals surface area contributed by atoms with Crippen molar-refractivity contribution >= 4 is 33.4 Å². The van der Waals surface area contributed by atoms with Crippen LogP contribution in [0.1, 0.15) is 12.5 Å². The Hall–Kier alpha value is -2.88. The number of para-hydroxylation sites is 1. The maximum Gasteiger partial charge on any atom is 0.253 e. The van der Waals surface area contributed by atoms with E-state index in [2.05, 4.69) is 0 Å². The Bertz CT molecular complexity index is 1470. The van der Waals surface area contributed by atoms with E-state index in [0.717, 1.165) is 22.5 Å². The van der Waals surface area contributed by atoms with Crippen molar-refractivity contribution in [3.8, 4) is 27.4 Å². The second-order valence-electron chi connectivity index (χ2n) is 7.68.